The first-order valence-corrected chi connectivity index (χ1v) is 9.57. The maximum Gasteiger partial charge on any atom is 0.141 e. The normalized spacial score (nSPS) is 12.0. The van der Waals surface area contributed by atoms with Gasteiger partial charge in [0.2, 0.25) is 0 Å². The lowest BCUT2D eigenvalue weighted by Crippen LogP contribution is -2.17. The van der Waals surface area contributed by atoms with Crippen molar-refractivity contribution in [2.75, 3.05) is 0 Å². The van der Waals surface area contributed by atoms with Gasteiger partial charge in [-0.25, -0.2) is 9.98 Å². The van der Waals surface area contributed by atoms with Gasteiger partial charge in [0.25, 0.3) is 0 Å². The minimum absolute atomic E-state index is 0.0842. The van der Waals surface area contributed by atoms with Crippen LogP contribution in [0.3, 0.4) is 0 Å². The molecule has 4 rings (SSSR count). The zero-order chi connectivity index (χ0) is 20.8. The fourth-order valence-electron chi connectivity index (χ4n) is 3.06. The lowest BCUT2D eigenvalue weighted by molar-refractivity contribution is 0.476. The summed E-state index contributed by atoms with van der Waals surface area (Å²) in [7, 11) is 0. The molecule has 0 heterocycles. The molecule has 146 valence electrons. The summed E-state index contributed by atoms with van der Waals surface area (Å²) >= 11 is 0. The minimum atomic E-state index is 0.0842. The topological polar surface area (TPSA) is 65.2 Å². The number of phenols is 2. The first kappa shape index (κ1) is 19.2. The predicted molar refractivity (Wildman–Crippen MR) is 121 cm³/mol. The number of benzene rings is 4. The number of aliphatic imine (C=N–C) groups is 2. The van der Waals surface area contributed by atoms with E-state index < -0.39 is 0 Å². The van der Waals surface area contributed by atoms with Gasteiger partial charge in [0.15, 0.2) is 0 Å². The standard InChI is InChI=1S/C26H20N2O2/c29-23-17-9-7-15-21(23)27-25(19-11-3-1-4-12-19)26(20-13-5-2-6-14-20)28-22-16-8-10-18-24(22)30/h1-18,29-30H. The summed E-state index contributed by atoms with van der Waals surface area (Å²) in [5, 5.41) is 20.6. The second kappa shape index (κ2) is 8.88. The molecule has 0 aliphatic rings. The maximum absolute atomic E-state index is 10.3. The van der Waals surface area contributed by atoms with E-state index in [-0.39, 0.29) is 11.5 Å². The first-order valence-electron chi connectivity index (χ1n) is 9.57. The van der Waals surface area contributed by atoms with Crippen molar-refractivity contribution in [2.45, 2.75) is 0 Å². The number of nitrogens with zero attached hydrogens (tertiary/aromatic N) is 2. The number of phenolic OH excluding ortho intramolecular Hbond substituents is 2. The molecule has 0 aromatic heterocycles. The molecule has 0 amide bonds. The Balaban J connectivity index is 1.99. The number of rotatable bonds is 5. The smallest absolute Gasteiger partial charge is 0.141 e. The molecular weight excluding hydrogens is 372 g/mol. The van der Waals surface area contributed by atoms with Crippen molar-refractivity contribution in [1.29, 1.82) is 0 Å². The Hall–Kier alpha value is -4.18. The van der Waals surface area contributed by atoms with E-state index in [1.165, 1.54) is 0 Å². The second-order valence-corrected chi connectivity index (χ2v) is 6.63. The summed E-state index contributed by atoms with van der Waals surface area (Å²) in [6.45, 7) is 0. The third-order valence-electron chi connectivity index (χ3n) is 4.55. The molecule has 0 saturated carbocycles. The summed E-state index contributed by atoms with van der Waals surface area (Å²) in [5.41, 5.74) is 3.75. The van der Waals surface area contributed by atoms with Crippen LogP contribution in [0.15, 0.2) is 119 Å². The van der Waals surface area contributed by atoms with Gasteiger partial charge in [-0.1, -0.05) is 84.9 Å². The molecule has 4 aromatic carbocycles. The predicted octanol–water partition coefficient (Wildman–Crippen LogP) is 6.04. The fraction of sp³-hybridized carbons (Fsp3) is 0. The van der Waals surface area contributed by atoms with Crippen molar-refractivity contribution in [1.82, 2.24) is 0 Å². The van der Waals surface area contributed by atoms with Crippen LogP contribution in [0, 0.1) is 0 Å². The average molecular weight is 392 g/mol. The molecule has 0 saturated heterocycles. The highest BCUT2D eigenvalue weighted by Gasteiger charge is 2.16. The Morgan fingerprint density at radius 2 is 0.767 bits per heavy atom. The zero-order valence-electron chi connectivity index (χ0n) is 16.2. The molecule has 0 aliphatic heterocycles. The second-order valence-electron chi connectivity index (χ2n) is 6.63. The van der Waals surface area contributed by atoms with Gasteiger partial charge in [-0.15, -0.1) is 0 Å². The summed E-state index contributed by atoms with van der Waals surface area (Å²) in [4.78, 5) is 9.57. The minimum Gasteiger partial charge on any atom is -0.506 e. The molecule has 0 unspecified atom stereocenters. The van der Waals surface area contributed by atoms with Crippen LogP contribution in [0.5, 0.6) is 11.5 Å². The van der Waals surface area contributed by atoms with Gasteiger partial charge in [-0.3, -0.25) is 0 Å². The molecule has 4 heteroatoms. The number of aromatic hydroxyl groups is 2. The van der Waals surface area contributed by atoms with Gasteiger partial charge < -0.3 is 10.2 Å². The van der Waals surface area contributed by atoms with Crippen molar-refractivity contribution in [3.05, 3.63) is 120 Å². The number of para-hydroxylation sites is 4. The third-order valence-corrected chi connectivity index (χ3v) is 4.55. The van der Waals surface area contributed by atoms with E-state index in [2.05, 4.69) is 0 Å². The number of hydrogen-bond acceptors (Lipinski definition) is 4. The number of hydrogen-bond donors (Lipinski definition) is 2. The first-order chi connectivity index (χ1) is 14.7. The molecule has 0 aliphatic carbocycles. The van der Waals surface area contributed by atoms with Crippen LogP contribution in [0.25, 0.3) is 0 Å². The lowest BCUT2D eigenvalue weighted by Gasteiger charge is -2.13. The quantitative estimate of drug-likeness (QED) is 0.407. The Bertz CT molecular complexity index is 1100. The van der Waals surface area contributed by atoms with Crippen LogP contribution in [0.1, 0.15) is 11.1 Å². The zero-order valence-corrected chi connectivity index (χ0v) is 16.2. The Morgan fingerprint density at radius 1 is 0.433 bits per heavy atom. The van der Waals surface area contributed by atoms with Gasteiger partial charge >= 0.3 is 0 Å². The van der Waals surface area contributed by atoms with Crippen LogP contribution < -0.4 is 0 Å². The monoisotopic (exact) mass is 392 g/mol. The molecule has 0 atom stereocenters. The SMILES string of the molecule is Oc1ccccc1N=C(C(=Nc1ccccc1O)c1ccccc1)c1ccccc1. The van der Waals surface area contributed by atoms with Gasteiger partial charge in [-0.2, -0.15) is 0 Å². The largest absolute Gasteiger partial charge is 0.506 e. The van der Waals surface area contributed by atoms with E-state index in [4.69, 9.17) is 9.98 Å². The third kappa shape index (κ3) is 4.28. The molecule has 0 radical (unpaired) electrons. The maximum atomic E-state index is 10.3. The van der Waals surface area contributed by atoms with E-state index in [1.807, 2.05) is 72.8 Å². The highest BCUT2D eigenvalue weighted by Crippen LogP contribution is 2.29. The highest BCUT2D eigenvalue weighted by atomic mass is 16.3. The Morgan fingerprint density at radius 3 is 1.13 bits per heavy atom. The van der Waals surface area contributed by atoms with Gasteiger partial charge in [-0.05, 0) is 24.3 Å². The van der Waals surface area contributed by atoms with Gasteiger partial charge in [0.1, 0.15) is 22.9 Å². The average Bonchev–Trinajstić information content (AvgIpc) is 2.80. The van der Waals surface area contributed by atoms with E-state index in [0.717, 1.165) is 11.1 Å². The van der Waals surface area contributed by atoms with Gasteiger partial charge in [0.05, 0.1) is 11.4 Å². The van der Waals surface area contributed by atoms with Crippen LogP contribution in [0.2, 0.25) is 0 Å². The molecule has 0 bridgehead atoms. The van der Waals surface area contributed by atoms with E-state index in [9.17, 15) is 10.2 Å². The molecule has 30 heavy (non-hydrogen) atoms. The lowest BCUT2D eigenvalue weighted by atomic mass is 9.99. The molecule has 0 spiro atoms. The molecule has 2 N–H and O–H groups in total. The molecule has 0 fully saturated rings. The Kier molecular flexibility index (Phi) is 5.67. The summed E-state index contributed by atoms with van der Waals surface area (Å²) in [6, 6.07) is 33.2. The van der Waals surface area contributed by atoms with Crippen LogP contribution in [0.4, 0.5) is 11.4 Å². The van der Waals surface area contributed by atoms with Crippen LogP contribution in [-0.4, -0.2) is 21.6 Å². The van der Waals surface area contributed by atoms with Crippen molar-refractivity contribution < 1.29 is 10.2 Å². The summed E-state index contributed by atoms with van der Waals surface area (Å²) in [6.07, 6.45) is 0. The summed E-state index contributed by atoms with van der Waals surface area (Å²) in [5.74, 6) is 0.168. The molecule has 4 nitrogen and oxygen atoms in total. The fourth-order valence-corrected chi connectivity index (χ4v) is 3.06. The van der Waals surface area contributed by atoms with Crippen LogP contribution in [-0.2, 0) is 0 Å². The van der Waals surface area contributed by atoms with Crippen LogP contribution >= 0.6 is 0 Å². The van der Waals surface area contributed by atoms with E-state index in [1.54, 1.807) is 36.4 Å². The Labute approximate surface area is 175 Å². The van der Waals surface area contributed by atoms with Gasteiger partial charge in [0, 0.05) is 11.1 Å². The van der Waals surface area contributed by atoms with Crippen molar-refractivity contribution in [3.8, 4) is 11.5 Å². The van der Waals surface area contributed by atoms with Crippen molar-refractivity contribution >= 4 is 22.8 Å². The molecule has 4 aromatic rings. The van der Waals surface area contributed by atoms with Crippen molar-refractivity contribution in [2.24, 2.45) is 9.98 Å². The van der Waals surface area contributed by atoms with E-state index >= 15 is 0 Å². The molecular formula is C26H20N2O2. The van der Waals surface area contributed by atoms with E-state index in [0.29, 0.717) is 22.8 Å². The van der Waals surface area contributed by atoms with Crippen molar-refractivity contribution in [3.63, 3.8) is 0 Å². The highest BCUT2D eigenvalue weighted by molar-refractivity contribution is 6.54. The summed E-state index contributed by atoms with van der Waals surface area (Å²) < 4.78 is 0.